The third kappa shape index (κ3) is 5.16. The molecule has 0 bridgehead atoms. The van der Waals surface area contributed by atoms with Crippen LogP contribution in [0, 0.1) is 0 Å². The van der Waals surface area contributed by atoms with Crippen LogP contribution in [0.4, 0.5) is 4.79 Å². The number of urea groups is 1. The van der Waals surface area contributed by atoms with Crippen molar-refractivity contribution >= 4 is 17.9 Å². The summed E-state index contributed by atoms with van der Waals surface area (Å²) in [6, 6.07) is -2.11. The molecule has 0 aromatic rings. The van der Waals surface area contributed by atoms with Crippen molar-refractivity contribution in [1.29, 1.82) is 0 Å². The molecular formula is C9H17N3O5. The number of likely N-dealkylation sites (N-methyl/N-ethyl adjacent to an activating group) is 2. The molecule has 0 saturated heterocycles. The first-order valence-corrected chi connectivity index (χ1v) is 4.85. The first kappa shape index (κ1) is 15.2. The number of aliphatic hydroxyl groups excluding tert-OH is 1. The van der Waals surface area contributed by atoms with Crippen LogP contribution in [-0.2, 0) is 9.59 Å². The number of carboxylic acid groups (broad SMARTS) is 1. The Kier molecular flexibility index (Phi) is 5.97. The minimum Gasteiger partial charge on any atom is -0.480 e. The van der Waals surface area contributed by atoms with E-state index in [1.54, 1.807) is 14.1 Å². The number of hydrogen-bond acceptors (Lipinski definition) is 4. The van der Waals surface area contributed by atoms with Crippen molar-refractivity contribution in [1.82, 2.24) is 15.1 Å². The molecule has 17 heavy (non-hydrogen) atoms. The van der Waals surface area contributed by atoms with Gasteiger partial charge in [0.05, 0.1) is 6.61 Å². The maximum atomic E-state index is 11.4. The van der Waals surface area contributed by atoms with Gasteiger partial charge in [-0.2, -0.15) is 0 Å². The van der Waals surface area contributed by atoms with Gasteiger partial charge in [0, 0.05) is 21.1 Å². The summed E-state index contributed by atoms with van der Waals surface area (Å²) < 4.78 is 0. The van der Waals surface area contributed by atoms with Gasteiger partial charge in [-0.25, -0.2) is 9.59 Å². The van der Waals surface area contributed by atoms with Gasteiger partial charge in [-0.1, -0.05) is 0 Å². The fourth-order valence-corrected chi connectivity index (χ4v) is 0.861. The molecule has 0 aromatic carbocycles. The van der Waals surface area contributed by atoms with Crippen LogP contribution >= 0.6 is 0 Å². The second-order valence-corrected chi connectivity index (χ2v) is 3.67. The number of aliphatic hydroxyl groups is 1. The zero-order chi connectivity index (χ0) is 13.6. The van der Waals surface area contributed by atoms with Gasteiger partial charge in [0.25, 0.3) is 0 Å². The lowest BCUT2D eigenvalue weighted by atomic mass is 10.3. The summed E-state index contributed by atoms with van der Waals surface area (Å²) in [4.78, 5) is 35.6. The number of carbonyl (C=O) groups is 3. The van der Waals surface area contributed by atoms with E-state index >= 15 is 0 Å². The van der Waals surface area contributed by atoms with Crippen molar-refractivity contribution in [3.05, 3.63) is 0 Å². The molecule has 3 N–H and O–H groups in total. The number of nitrogens with zero attached hydrogens (tertiary/aromatic N) is 2. The summed E-state index contributed by atoms with van der Waals surface area (Å²) in [7, 11) is 4.44. The SMILES string of the molecule is CN(C)C(=O)CN(C)C(=O)N[C@@H](CO)C(=O)O. The summed E-state index contributed by atoms with van der Waals surface area (Å²) in [6.07, 6.45) is 0. The van der Waals surface area contributed by atoms with E-state index in [1.165, 1.54) is 11.9 Å². The minimum atomic E-state index is -1.38. The number of carboxylic acids is 1. The Labute approximate surface area is 98.8 Å². The smallest absolute Gasteiger partial charge is 0.328 e. The van der Waals surface area contributed by atoms with Crippen molar-refractivity contribution in [2.24, 2.45) is 0 Å². The number of carbonyl (C=O) groups excluding carboxylic acids is 2. The van der Waals surface area contributed by atoms with Crippen LogP contribution in [0.3, 0.4) is 0 Å². The molecule has 0 heterocycles. The van der Waals surface area contributed by atoms with Gasteiger partial charge in [-0.3, -0.25) is 4.79 Å². The average Bonchev–Trinajstić information content (AvgIpc) is 2.24. The Morgan fingerprint density at radius 3 is 2.12 bits per heavy atom. The van der Waals surface area contributed by atoms with E-state index in [0.717, 1.165) is 4.90 Å². The third-order valence-electron chi connectivity index (χ3n) is 2.00. The summed E-state index contributed by atoms with van der Waals surface area (Å²) in [6.45, 7) is -0.882. The third-order valence-corrected chi connectivity index (χ3v) is 2.00. The van der Waals surface area contributed by atoms with Gasteiger partial charge in [0.15, 0.2) is 6.04 Å². The Hall–Kier alpha value is -1.83. The van der Waals surface area contributed by atoms with E-state index in [0.29, 0.717) is 0 Å². The van der Waals surface area contributed by atoms with Crippen molar-refractivity contribution in [3.63, 3.8) is 0 Å². The molecule has 0 saturated carbocycles. The Bertz CT molecular complexity index is 305. The number of amides is 3. The zero-order valence-electron chi connectivity index (χ0n) is 10.0. The molecule has 0 unspecified atom stereocenters. The highest BCUT2D eigenvalue weighted by Crippen LogP contribution is 1.91. The molecule has 1 atom stereocenters. The van der Waals surface area contributed by atoms with E-state index in [9.17, 15) is 14.4 Å². The molecule has 98 valence electrons. The fourth-order valence-electron chi connectivity index (χ4n) is 0.861. The summed E-state index contributed by atoms with van der Waals surface area (Å²) >= 11 is 0. The quantitative estimate of drug-likeness (QED) is 0.529. The van der Waals surface area contributed by atoms with Crippen LogP contribution in [0.25, 0.3) is 0 Å². The van der Waals surface area contributed by atoms with Gasteiger partial charge >= 0.3 is 12.0 Å². The van der Waals surface area contributed by atoms with Crippen molar-refractivity contribution in [2.75, 3.05) is 34.3 Å². The lowest BCUT2D eigenvalue weighted by Crippen LogP contribution is -2.50. The van der Waals surface area contributed by atoms with Crippen LogP contribution in [0.15, 0.2) is 0 Å². The van der Waals surface area contributed by atoms with Crippen LogP contribution in [0.2, 0.25) is 0 Å². The molecule has 3 amide bonds. The standard InChI is InChI=1S/C9H17N3O5/c1-11(2)7(14)4-12(3)9(17)10-6(5-13)8(15)16/h6,13H,4-5H2,1-3H3,(H,10,17)(H,15,16)/t6-/m0/s1. The van der Waals surface area contributed by atoms with Crippen LogP contribution in [0.5, 0.6) is 0 Å². The van der Waals surface area contributed by atoms with E-state index in [4.69, 9.17) is 10.2 Å². The van der Waals surface area contributed by atoms with Crippen molar-refractivity contribution in [2.45, 2.75) is 6.04 Å². The molecule has 0 aliphatic rings. The van der Waals surface area contributed by atoms with Gasteiger partial charge in [-0.05, 0) is 0 Å². The molecule has 0 aliphatic heterocycles. The zero-order valence-corrected chi connectivity index (χ0v) is 10.0. The van der Waals surface area contributed by atoms with Gasteiger partial charge < -0.3 is 25.3 Å². The summed E-state index contributed by atoms with van der Waals surface area (Å²) in [5.74, 6) is -1.63. The Balaban J connectivity index is 4.31. The molecule has 0 radical (unpaired) electrons. The van der Waals surface area contributed by atoms with E-state index in [1.807, 2.05) is 0 Å². The topological polar surface area (TPSA) is 110 Å². The lowest BCUT2D eigenvalue weighted by Gasteiger charge is -2.21. The predicted molar refractivity (Wildman–Crippen MR) is 58.4 cm³/mol. The number of rotatable bonds is 5. The predicted octanol–water partition coefficient (Wildman–Crippen LogP) is -1.84. The first-order chi connectivity index (χ1) is 7.79. The molecule has 0 spiro atoms. The Morgan fingerprint density at radius 1 is 1.24 bits per heavy atom. The first-order valence-electron chi connectivity index (χ1n) is 4.85. The lowest BCUT2D eigenvalue weighted by molar-refractivity contribution is -0.140. The largest absolute Gasteiger partial charge is 0.480 e. The van der Waals surface area contributed by atoms with Gasteiger partial charge in [-0.15, -0.1) is 0 Å². The van der Waals surface area contributed by atoms with Crippen LogP contribution in [0.1, 0.15) is 0 Å². The van der Waals surface area contributed by atoms with Crippen molar-refractivity contribution in [3.8, 4) is 0 Å². The molecule has 0 aromatic heterocycles. The van der Waals surface area contributed by atoms with Crippen LogP contribution < -0.4 is 5.32 Å². The molecule has 0 fully saturated rings. The highest BCUT2D eigenvalue weighted by atomic mass is 16.4. The monoisotopic (exact) mass is 247 g/mol. The highest BCUT2D eigenvalue weighted by Gasteiger charge is 2.21. The molecule has 0 rings (SSSR count). The second-order valence-electron chi connectivity index (χ2n) is 3.67. The fraction of sp³-hybridized carbons (Fsp3) is 0.667. The second kappa shape index (κ2) is 6.69. The highest BCUT2D eigenvalue weighted by molar-refractivity contribution is 5.86. The van der Waals surface area contributed by atoms with E-state index in [2.05, 4.69) is 5.32 Å². The summed E-state index contributed by atoms with van der Waals surface area (Å²) in [5, 5.41) is 19.4. The maximum absolute atomic E-state index is 11.4. The molecule has 0 aliphatic carbocycles. The van der Waals surface area contributed by atoms with E-state index < -0.39 is 24.6 Å². The average molecular weight is 247 g/mol. The van der Waals surface area contributed by atoms with Crippen molar-refractivity contribution < 1.29 is 24.6 Å². The maximum Gasteiger partial charge on any atom is 0.328 e. The van der Waals surface area contributed by atoms with E-state index in [-0.39, 0.29) is 12.5 Å². The number of hydrogen-bond donors (Lipinski definition) is 3. The van der Waals surface area contributed by atoms with Gasteiger partial charge in [0.2, 0.25) is 5.91 Å². The molecular weight excluding hydrogens is 230 g/mol. The minimum absolute atomic E-state index is 0.170. The number of nitrogens with one attached hydrogen (secondary N) is 1. The van der Waals surface area contributed by atoms with Gasteiger partial charge in [0.1, 0.15) is 6.54 Å². The molecule has 8 heteroatoms. The Morgan fingerprint density at radius 2 is 1.76 bits per heavy atom. The summed E-state index contributed by atoms with van der Waals surface area (Å²) in [5.41, 5.74) is 0. The normalized spacial score (nSPS) is 11.5. The number of aliphatic carboxylic acids is 1. The molecule has 8 nitrogen and oxygen atoms in total. The van der Waals surface area contributed by atoms with Crippen LogP contribution in [-0.4, -0.2) is 78.3 Å².